The van der Waals surface area contributed by atoms with Gasteiger partial charge in [0.25, 0.3) is 0 Å². The van der Waals surface area contributed by atoms with Crippen LogP contribution < -0.4 is 0 Å². The van der Waals surface area contributed by atoms with Gasteiger partial charge in [0.2, 0.25) is 0 Å². The summed E-state index contributed by atoms with van der Waals surface area (Å²) in [5.41, 5.74) is 0. The summed E-state index contributed by atoms with van der Waals surface area (Å²) in [6.45, 7) is 1.62. The maximum atomic E-state index is 6.50. The monoisotopic (exact) mass is 410 g/mol. The van der Waals surface area contributed by atoms with Gasteiger partial charge in [-0.05, 0) is 6.92 Å². The summed E-state index contributed by atoms with van der Waals surface area (Å²) in [5, 5.41) is 0.134. The molecule has 0 aliphatic heterocycles. The van der Waals surface area contributed by atoms with Crippen LogP contribution in [-0.4, -0.2) is 33.7 Å². The molecule has 2 aliphatic rings. The lowest BCUT2D eigenvalue weighted by Crippen LogP contribution is -2.59. The van der Waals surface area contributed by atoms with Crippen LogP contribution in [0.4, 0.5) is 0 Å². The molecular weight excluding hydrogens is 408 g/mol. The molecule has 1 saturated carbocycles. The summed E-state index contributed by atoms with van der Waals surface area (Å²) in [4.78, 5) is -4.22. The fourth-order valence-corrected chi connectivity index (χ4v) is 8.51. The highest BCUT2D eigenvalue weighted by atomic mass is 35.5. The molecular formula is C8H6Cl8Si. The predicted octanol–water partition coefficient (Wildman–Crippen LogP) is 4.13. The molecule has 2 rings (SSSR count). The van der Waals surface area contributed by atoms with Gasteiger partial charge in [0.1, 0.15) is 9.75 Å². The van der Waals surface area contributed by atoms with E-state index in [2.05, 4.69) is 0 Å². The van der Waals surface area contributed by atoms with Crippen molar-refractivity contribution in [2.75, 3.05) is 0 Å². The fraction of sp³-hybridized carbons (Fsp3) is 0.750. The summed E-state index contributed by atoms with van der Waals surface area (Å²) in [6, 6.07) is 0. The zero-order chi connectivity index (χ0) is 13.7. The van der Waals surface area contributed by atoms with Gasteiger partial charge >= 0.3 is 0 Å². The van der Waals surface area contributed by atoms with Crippen molar-refractivity contribution in [3.63, 3.8) is 0 Å². The number of fused-ring (bicyclic) bond motifs is 2. The Kier molecular flexibility index (Phi) is 3.43. The first-order valence-corrected chi connectivity index (χ1v) is 8.54. The van der Waals surface area contributed by atoms with Crippen molar-refractivity contribution < 1.29 is 0 Å². The lowest BCUT2D eigenvalue weighted by Gasteiger charge is -2.45. The zero-order valence-electron chi connectivity index (χ0n) is 8.52. The van der Waals surface area contributed by atoms with Crippen molar-refractivity contribution in [3.8, 4) is 0 Å². The normalized spacial score (nSPS) is 57.0. The molecule has 2 bridgehead atoms. The lowest BCUT2D eigenvalue weighted by atomic mass is 9.92. The van der Waals surface area contributed by atoms with Crippen LogP contribution in [0.3, 0.4) is 0 Å². The molecule has 0 N–H and O–H groups in total. The standard InChI is InChI=1S/C8H6Cl8Si/c1-4(11)5(12)2(9)3(10)6(13,7(5,14)15)8(4,16)17/h1,17H3. The molecule has 0 heterocycles. The Morgan fingerprint density at radius 1 is 0.824 bits per heavy atom. The van der Waals surface area contributed by atoms with Gasteiger partial charge in [-0.15, -0.1) is 46.4 Å². The topological polar surface area (TPSA) is 0 Å². The van der Waals surface area contributed by atoms with Gasteiger partial charge in [-0.1, -0.05) is 46.4 Å². The highest BCUT2D eigenvalue weighted by Crippen LogP contribution is 2.80. The zero-order valence-corrected chi connectivity index (χ0v) is 16.6. The molecule has 17 heavy (non-hydrogen) atoms. The molecule has 98 valence electrons. The first-order valence-electron chi connectivity index (χ1n) is 4.51. The van der Waals surface area contributed by atoms with E-state index in [1.54, 1.807) is 6.92 Å². The van der Waals surface area contributed by atoms with E-state index in [1.807, 2.05) is 0 Å². The van der Waals surface area contributed by atoms with E-state index in [-0.39, 0.29) is 10.1 Å². The SMILES string of the molecule is CC1(Cl)C([SiH3])(Cl)C2(Cl)C(Cl)=C(Cl)C1(Cl)C2(Cl)Cl. The van der Waals surface area contributed by atoms with E-state index in [0.29, 0.717) is 10.2 Å². The lowest BCUT2D eigenvalue weighted by molar-refractivity contribution is 0.526. The Balaban J connectivity index is 2.93. The second-order valence-electron chi connectivity index (χ2n) is 4.53. The van der Waals surface area contributed by atoms with Gasteiger partial charge in [0.05, 0.1) is 19.4 Å². The van der Waals surface area contributed by atoms with Crippen LogP contribution in [0, 0.1) is 0 Å². The van der Waals surface area contributed by atoms with E-state index < -0.39 is 23.5 Å². The Bertz CT molecular complexity index is 403. The minimum absolute atomic E-state index is 0.0606. The van der Waals surface area contributed by atoms with E-state index in [4.69, 9.17) is 92.8 Å². The van der Waals surface area contributed by atoms with Crippen molar-refractivity contribution in [1.29, 1.82) is 0 Å². The fourth-order valence-electron chi connectivity index (χ4n) is 2.46. The summed E-state index contributed by atoms with van der Waals surface area (Å²) in [7, 11) is 0.373. The molecule has 1 fully saturated rings. The Labute approximate surface area is 142 Å². The number of halogens is 8. The summed E-state index contributed by atoms with van der Waals surface area (Å²) in [6.07, 6.45) is 0. The molecule has 0 aromatic heterocycles. The van der Waals surface area contributed by atoms with Crippen molar-refractivity contribution >= 4 is 103 Å². The smallest absolute Gasteiger partial charge is 0.120 e. The Morgan fingerprint density at radius 3 is 1.47 bits per heavy atom. The van der Waals surface area contributed by atoms with Crippen LogP contribution >= 0.6 is 92.8 Å². The molecule has 2 aliphatic carbocycles. The molecule has 9 heteroatoms. The summed E-state index contributed by atoms with van der Waals surface area (Å²) < 4.78 is -2.82. The third kappa shape index (κ3) is 1.21. The second kappa shape index (κ2) is 3.72. The van der Waals surface area contributed by atoms with E-state index in [0.717, 1.165) is 0 Å². The molecule has 0 radical (unpaired) electrons. The first-order chi connectivity index (χ1) is 7.32. The van der Waals surface area contributed by atoms with E-state index >= 15 is 0 Å². The quantitative estimate of drug-likeness (QED) is 0.414. The van der Waals surface area contributed by atoms with Gasteiger partial charge in [-0.25, -0.2) is 0 Å². The largest absolute Gasteiger partial charge is 0.169 e. The molecule has 4 unspecified atom stereocenters. The van der Waals surface area contributed by atoms with Crippen molar-refractivity contribution in [1.82, 2.24) is 0 Å². The molecule has 0 spiro atoms. The van der Waals surface area contributed by atoms with Crippen molar-refractivity contribution in [2.45, 2.75) is 30.4 Å². The highest BCUT2D eigenvalue weighted by molar-refractivity contribution is 6.73. The minimum Gasteiger partial charge on any atom is -0.120 e. The molecule has 0 nitrogen and oxygen atoms in total. The van der Waals surface area contributed by atoms with Crippen LogP contribution in [0.2, 0.25) is 0 Å². The van der Waals surface area contributed by atoms with E-state index in [1.165, 1.54) is 0 Å². The predicted molar refractivity (Wildman–Crippen MR) is 83.1 cm³/mol. The molecule has 0 saturated heterocycles. The molecule has 4 atom stereocenters. The van der Waals surface area contributed by atoms with Gasteiger partial charge in [-0.2, -0.15) is 0 Å². The molecule has 0 aromatic rings. The molecule has 0 amide bonds. The van der Waals surface area contributed by atoms with Crippen LogP contribution in [0.5, 0.6) is 0 Å². The van der Waals surface area contributed by atoms with Gasteiger partial charge < -0.3 is 0 Å². The Morgan fingerprint density at radius 2 is 1.18 bits per heavy atom. The minimum atomic E-state index is -1.68. The summed E-state index contributed by atoms with van der Waals surface area (Å²) in [5.74, 6) is 0. The van der Waals surface area contributed by atoms with Crippen molar-refractivity contribution in [2.24, 2.45) is 0 Å². The second-order valence-corrected chi connectivity index (χ2v) is 11.4. The number of hydrogen-bond donors (Lipinski definition) is 0. The average molecular weight is 414 g/mol. The van der Waals surface area contributed by atoms with Gasteiger partial charge in [-0.3, -0.25) is 0 Å². The van der Waals surface area contributed by atoms with Gasteiger partial charge in [0, 0.05) is 10.2 Å². The number of hydrogen-bond acceptors (Lipinski definition) is 0. The number of rotatable bonds is 0. The highest BCUT2D eigenvalue weighted by Gasteiger charge is 2.90. The number of alkyl halides is 6. The van der Waals surface area contributed by atoms with Gasteiger partial charge in [0.15, 0.2) is 4.33 Å². The third-order valence-electron chi connectivity index (χ3n) is 3.84. The number of allylic oxidation sites excluding steroid dienone is 2. The van der Waals surface area contributed by atoms with Crippen LogP contribution in [0.15, 0.2) is 10.1 Å². The maximum Gasteiger partial charge on any atom is 0.169 e. The summed E-state index contributed by atoms with van der Waals surface area (Å²) >= 11 is 50.8. The van der Waals surface area contributed by atoms with Crippen molar-refractivity contribution in [3.05, 3.63) is 10.1 Å². The van der Waals surface area contributed by atoms with Crippen LogP contribution in [-0.2, 0) is 0 Å². The maximum absolute atomic E-state index is 6.50. The van der Waals surface area contributed by atoms with Crippen LogP contribution in [0.25, 0.3) is 0 Å². The molecule has 0 aromatic carbocycles. The average Bonchev–Trinajstić information content (AvgIpc) is 2.33. The van der Waals surface area contributed by atoms with Crippen LogP contribution in [0.1, 0.15) is 6.92 Å². The van der Waals surface area contributed by atoms with E-state index in [9.17, 15) is 0 Å². The first kappa shape index (κ1) is 15.7. The Hall–Kier alpha value is 2.28. The third-order valence-corrected chi connectivity index (χ3v) is 12.3.